The van der Waals surface area contributed by atoms with Crippen LogP contribution in [0.25, 0.3) is 17.7 Å². The van der Waals surface area contributed by atoms with Gasteiger partial charge in [-0.15, -0.1) is 0 Å². The molecule has 0 N–H and O–H groups in total. The van der Waals surface area contributed by atoms with Crippen LogP contribution in [-0.4, -0.2) is 20.2 Å². The summed E-state index contributed by atoms with van der Waals surface area (Å²) in [4.78, 5) is 12.2. The molecule has 0 bridgehead atoms. The Morgan fingerprint density at radius 1 is 0.938 bits per heavy atom. The van der Waals surface area contributed by atoms with Gasteiger partial charge in [0.25, 0.3) is 0 Å². The SMILES string of the molecule is COc1ccc(/C=C/C(=O)Oc2cccc(/C=C(/C#N)c3ccccc3F)c2)cc1OC. The van der Waals surface area contributed by atoms with Gasteiger partial charge in [-0.2, -0.15) is 5.26 Å². The van der Waals surface area contributed by atoms with Crippen molar-refractivity contribution in [2.45, 2.75) is 0 Å². The maximum Gasteiger partial charge on any atom is 0.336 e. The van der Waals surface area contributed by atoms with E-state index in [0.717, 1.165) is 5.56 Å². The van der Waals surface area contributed by atoms with Gasteiger partial charge < -0.3 is 14.2 Å². The Labute approximate surface area is 185 Å². The fourth-order valence-electron chi connectivity index (χ4n) is 2.96. The molecule has 3 aromatic rings. The first-order valence-electron chi connectivity index (χ1n) is 9.62. The lowest BCUT2D eigenvalue weighted by molar-refractivity contribution is -0.128. The molecule has 0 aliphatic rings. The van der Waals surface area contributed by atoms with E-state index in [1.165, 1.54) is 31.4 Å². The number of nitrogens with zero attached hydrogens (tertiary/aromatic N) is 1. The number of hydrogen-bond donors (Lipinski definition) is 0. The molecule has 0 aliphatic heterocycles. The number of hydrogen-bond acceptors (Lipinski definition) is 5. The summed E-state index contributed by atoms with van der Waals surface area (Å²) < 4.78 is 29.8. The zero-order chi connectivity index (χ0) is 22.9. The van der Waals surface area contributed by atoms with Gasteiger partial charge in [-0.05, 0) is 53.6 Å². The molecule has 32 heavy (non-hydrogen) atoms. The number of allylic oxidation sites excluding steroid dienone is 1. The van der Waals surface area contributed by atoms with Gasteiger partial charge in [0.2, 0.25) is 0 Å². The second-order valence-electron chi connectivity index (χ2n) is 6.59. The van der Waals surface area contributed by atoms with E-state index in [-0.39, 0.29) is 11.1 Å². The largest absolute Gasteiger partial charge is 0.493 e. The molecule has 0 saturated heterocycles. The first-order chi connectivity index (χ1) is 15.5. The van der Waals surface area contributed by atoms with Gasteiger partial charge in [0.1, 0.15) is 11.6 Å². The van der Waals surface area contributed by atoms with Crippen molar-refractivity contribution in [3.05, 3.63) is 95.3 Å². The van der Waals surface area contributed by atoms with Crippen molar-refractivity contribution < 1.29 is 23.4 Å². The third-order valence-electron chi connectivity index (χ3n) is 4.49. The number of nitriles is 1. The van der Waals surface area contributed by atoms with E-state index in [0.29, 0.717) is 22.8 Å². The van der Waals surface area contributed by atoms with E-state index in [1.807, 2.05) is 6.07 Å². The zero-order valence-electron chi connectivity index (χ0n) is 17.5. The Morgan fingerprint density at radius 2 is 1.72 bits per heavy atom. The fraction of sp³-hybridized carbons (Fsp3) is 0.0769. The average molecular weight is 429 g/mol. The van der Waals surface area contributed by atoms with E-state index in [1.54, 1.807) is 67.8 Å². The van der Waals surface area contributed by atoms with Crippen LogP contribution in [0, 0.1) is 17.1 Å². The highest BCUT2D eigenvalue weighted by Gasteiger charge is 2.08. The second kappa shape index (κ2) is 10.6. The van der Waals surface area contributed by atoms with Crippen LogP contribution in [0.15, 0.2) is 72.8 Å². The van der Waals surface area contributed by atoms with Crippen LogP contribution >= 0.6 is 0 Å². The Kier molecular flexibility index (Phi) is 7.39. The minimum atomic E-state index is -0.574. The first kappa shape index (κ1) is 22.3. The quantitative estimate of drug-likeness (QED) is 0.162. The summed E-state index contributed by atoms with van der Waals surface area (Å²) in [6.45, 7) is 0. The summed E-state index contributed by atoms with van der Waals surface area (Å²) in [5.74, 6) is 0.375. The zero-order valence-corrected chi connectivity index (χ0v) is 17.5. The molecule has 0 atom stereocenters. The predicted octanol–water partition coefficient (Wildman–Crippen LogP) is 5.53. The molecule has 0 saturated carbocycles. The van der Waals surface area contributed by atoms with Crippen molar-refractivity contribution in [3.63, 3.8) is 0 Å². The molecule has 0 unspecified atom stereocenters. The highest BCUT2D eigenvalue weighted by atomic mass is 19.1. The van der Waals surface area contributed by atoms with E-state index in [2.05, 4.69) is 0 Å². The standard InChI is InChI=1S/C26H20FNO4/c1-30-24-12-10-18(16-25(24)31-2)11-13-26(29)32-21-7-5-6-19(15-21)14-20(17-28)22-8-3-4-9-23(22)27/h3-16H,1-2H3/b13-11+,20-14-. The van der Waals surface area contributed by atoms with E-state index in [4.69, 9.17) is 14.2 Å². The molecule has 0 spiro atoms. The fourth-order valence-corrected chi connectivity index (χ4v) is 2.96. The Hall–Kier alpha value is -4.37. The number of methoxy groups -OCH3 is 2. The smallest absolute Gasteiger partial charge is 0.336 e. The number of halogens is 1. The van der Waals surface area contributed by atoms with Crippen molar-refractivity contribution in [1.29, 1.82) is 5.26 Å². The maximum absolute atomic E-state index is 14.0. The molecule has 6 heteroatoms. The molecule has 0 aromatic heterocycles. The third kappa shape index (κ3) is 5.61. The number of carbonyl (C=O) groups is 1. The number of esters is 1. The Balaban J connectivity index is 1.74. The molecule has 3 aromatic carbocycles. The number of ether oxygens (including phenoxy) is 3. The highest BCUT2D eigenvalue weighted by molar-refractivity contribution is 5.91. The molecule has 0 fully saturated rings. The minimum absolute atomic E-state index is 0.167. The van der Waals surface area contributed by atoms with Gasteiger partial charge in [-0.25, -0.2) is 9.18 Å². The van der Waals surface area contributed by atoms with Crippen molar-refractivity contribution in [2.75, 3.05) is 14.2 Å². The summed E-state index contributed by atoms with van der Waals surface area (Å²) in [6.07, 6.45) is 4.43. The van der Waals surface area contributed by atoms with Crippen LogP contribution < -0.4 is 14.2 Å². The van der Waals surface area contributed by atoms with E-state index >= 15 is 0 Å². The lowest BCUT2D eigenvalue weighted by Crippen LogP contribution is -2.03. The highest BCUT2D eigenvalue weighted by Crippen LogP contribution is 2.28. The van der Waals surface area contributed by atoms with Gasteiger partial charge in [0, 0.05) is 11.6 Å². The Morgan fingerprint density at radius 3 is 2.44 bits per heavy atom. The van der Waals surface area contributed by atoms with Crippen LogP contribution in [-0.2, 0) is 4.79 Å². The predicted molar refractivity (Wildman–Crippen MR) is 121 cm³/mol. The number of benzene rings is 3. The van der Waals surface area contributed by atoms with E-state index < -0.39 is 11.8 Å². The van der Waals surface area contributed by atoms with E-state index in [9.17, 15) is 14.4 Å². The van der Waals surface area contributed by atoms with Gasteiger partial charge >= 0.3 is 5.97 Å². The summed E-state index contributed by atoms with van der Waals surface area (Å²) in [5.41, 5.74) is 1.70. The maximum atomic E-state index is 14.0. The second-order valence-corrected chi connectivity index (χ2v) is 6.59. The van der Waals surface area contributed by atoms with Crippen molar-refractivity contribution in [3.8, 4) is 23.3 Å². The van der Waals surface area contributed by atoms with Crippen LogP contribution in [0.4, 0.5) is 4.39 Å². The lowest BCUT2D eigenvalue weighted by atomic mass is 10.0. The molecule has 5 nitrogen and oxygen atoms in total. The summed E-state index contributed by atoms with van der Waals surface area (Å²) >= 11 is 0. The first-order valence-corrected chi connectivity index (χ1v) is 9.62. The molecular formula is C26H20FNO4. The van der Waals surface area contributed by atoms with Crippen LogP contribution in [0.2, 0.25) is 0 Å². The molecular weight excluding hydrogens is 409 g/mol. The summed E-state index contributed by atoms with van der Waals surface area (Å²) in [6, 6.07) is 19.9. The number of carbonyl (C=O) groups excluding carboxylic acids is 1. The molecule has 0 aliphatic carbocycles. The minimum Gasteiger partial charge on any atom is -0.493 e. The van der Waals surface area contributed by atoms with Crippen molar-refractivity contribution in [1.82, 2.24) is 0 Å². The monoisotopic (exact) mass is 429 g/mol. The third-order valence-corrected chi connectivity index (χ3v) is 4.49. The van der Waals surface area contributed by atoms with Gasteiger partial charge in [0.15, 0.2) is 11.5 Å². The molecule has 0 heterocycles. The summed E-state index contributed by atoms with van der Waals surface area (Å²) in [7, 11) is 3.08. The average Bonchev–Trinajstić information content (AvgIpc) is 2.81. The molecule has 160 valence electrons. The Bertz CT molecular complexity index is 1220. The molecule has 3 rings (SSSR count). The van der Waals surface area contributed by atoms with Crippen LogP contribution in [0.3, 0.4) is 0 Å². The lowest BCUT2D eigenvalue weighted by Gasteiger charge is -2.07. The molecule has 0 amide bonds. The summed E-state index contributed by atoms with van der Waals surface area (Å²) in [5, 5.41) is 9.43. The van der Waals surface area contributed by atoms with Gasteiger partial charge in [0.05, 0.1) is 25.9 Å². The topological polar surface area (TPSA) is 68.5 Å². The van der Waals surface area contributed by atoms with Gasteiger partial charge in [-0.3, -0.25) is 0 Å². The van der Waals surface area contributed by atoms with Crippen molar-refractivity contribution in [2.24, 2.45) is 0 Å². The normalized spacial score (nSPS) is 11.1. The van der Waals surface area contributed by atoms with Crippen LogP contribution in [0.5, 0.6) is 17.2 Å². The molecule has 0 radical (unpaired) electrons. The van der Waals surface area contributed by atoms with Crippen molar-refractivity contribution >= 4 is 23.7 Å². The van der Waals surface area contributed by atoms with Crippen LogP contribution in [0.1, 0.15) is 16.7 Å². The number of rotatable bonds is 7. The van der Waals surface area contributed by atoms with Gasteiger partial charge in [-0.1, -0.05) is 36.4 Å².